The molecule has 4 atom stereocenters. The van der Waals surface area contributed by atoms with Crippen LogP contribution in [-0.4, -0.2) is 17.5 Å². The predicted molar refractivity (Wildman–Crippen MR) is 76.7 cm³/mol. The van der Waals surface area contributed by atoms with E-state index in [-0.39, 0.29) is 23.7 Å². The first-order chi connectivity index (χ1) is 9.58. The lowest BCUT2D eigenvalue weighted by Gasteiger charge is -2.45. The van der Waals surface area contributed by atoms with Crippen LogP contribution in [0.15, 0.2) is 36.4 Å². The topological polar surface area (TPSA) is 35.5 Å². The maximum Gasteiger partial charge on any atom is 0.138 e. The molecule has 1 aromatic rings. The number of fused-ring (bicyclic) bond motifs is 2. The van der Waals surface area contributed by atoms with Gasteiger partial charge in [-0.3, -0.25) is 4.79 Å². The van der Waals surface area contributed by atoms with Gasteiger partial charge in [-0.2, -0.15) is 0 Å². The Kier molecular flexibility index (Phi) is 3.48. The average Bonchev–Trinajstić information content (AvgIpc) is 2.47. The molecule has 1 saturated heterocycles. The molecule has 1 aliphatic heterocycles. The van der Waals surface area contributed by atoms with Gasteiger partial charge in [0.15, 0.2) is 0 Å². The van der Waals surface area contributed by atoms with E-state index in [1.165, 1.54) is 0 Å². The Bertz CT molecular complexity index is 522. The number of benzene rings is 1. The van der Waals surface area contributed by atoms with Crippen molar-refractivity contribution in [3.05, 3.63) is 42.0 Å². The first-order valence-electron chi connectivity index (χ1n) is 7.20. The maximum atomic E-state index is 12.0. The van der Waals surface area contributed by atoms with Crippen molar-refractivity contribution in [2.45, 2.75) is 38.4 Å². The van der Waals surface area contributed by atoms with Crippen LogP contribution in [0.25, 0.3) is 6.08 Å². The van der Waals surface area contributed by atoms with Gasteiger partial charge in [-0.1, -0.05) is 43.3 Å². The molecular weight excluding hydrogens is 252 g/mol. The van der Waals surface area contributed by atoms with E-state index in [2.05, 4.69) is 0 Å². The molecule has 3 rings (SSSR count). The van der Waals surface area contributed by atoms with Crippen LogP contribution in [0, 0.1) is 11.8 Å². The lowest BCUT2D eigenvalue weighted by atomic mass is 9.71. The van der Waals surface area contributed by atoms with E-state index < -0.39 is 5.60 Å². The highest BCUT2D eigenvalue weighted by atomic mass is 17.2. The Morgan fingerprint density at radius 3 is 2.80 bits per heavy atom. The summed E-state index contributed by atoms with van der Waals surface area (Å²) < 4.78 is 0. The van der Waals surface area contributed by atoms with Gasteiger partial charge in [-0.05, 0) is 25.0 Å². The van der Waals surface area contributed by atoms with Crippen molar-refractivity contribution in [1.29, 1.82) is 0 Å². The van der Waals surface area contributed by atoms with Gasteiger partial charge < -0.3 is 0 Å². The standard InChI is InChI=1S/C17H20O3/c1-12-15(18)10-14-11-16(12)19-20-17(14,2)9-8-13-6-4-3-5-7-13/h3-9,12,14,16H,10-11H2,1-2H3/b9-8-/t12-,14+,16+,17+/m1/s1. The third-order valence-corrected chi connectivity index (χ3v) is 4.60. The Balaban J connectivity index is 1.79. The normalized spacial score (nSPS) is 37.3. The number of carbonyl (C=O) groups excluding carboxylic acids is 1. The van der Waals surface area contributed by atoms with Crippen molar-refractivity contribution in [1.82, 2.24) is 0 Å². The fourth-order valence-corrected chi connectivity index (χ4v) is 2.99. The lowest BCUT2D eigenvalue weighted by molar-refractivity contribution is -0.415. The quantitative estimate of drug-likeness (QED) is 0.774. The number of hydrogen-bond acceptors (Lipinski definition) is 3. The number of ketones is 1. The van der Waals surface area contributed by atoms with Crippen LogP contribution in [0.1, 0.15) is 32.3 Å². The fraction of sp³-hybridized carbons (Fsp3) is 0.471. The SMILES string of the molecule is C[C@@H]1C(=O)C[C@H]2C[C@@H]1OO[C@@]2(C)/C=C\c1ccccc1. The van der Waals surface area contributed by atoms with Gasteiger partial charge in [0.25, 0.3) is 0 Å². The van der Waals surface area contributed by atoms with Crippen LogP contribution >= 0.6 is 0 Å². The zero-order chi connectivity index (χ0) is 14.2. The second-order valence-corrected chi connectivity index (χ2v) is 6.04. The Labute approximate surface area is 119 Å². The summed E-state index contributed by atoms with van der Waals surface area (Å²) in [5, 5.41) is 0. The molecule has 106 valence electrons. The minimum absolute atomic E-state index is 0.0473. The summed E-state index contributed by atoms with van der Waals surface area (Å²) in [5.41, 5.74) is 0.595. The van der Waals surface area contributed by atoms with Gasteiger partial charge in [0.05, 0.1) is 0 Å². The van der Waals surface area contributed by atoms with Gasteiger partial charge in [-0.15, -0.1) is 0 Å². The van der Waals surface area contributed by atoms with Gasteiger partial charge in [0.2, 0.25) is 0 Å². The minimum Gasteiger partial charge on any atom is -0.299 e. The molecule has 0 aromatic heterocycles. The van der Waals surface area contributed by atoms with Gasteiger partial charge >= 0.3 is 0 Å². The van der Waals surface area contributed by atoms with Crippen molar-refractivity contribution >= 4 is 11.9 Å². The molecule has 2 bridgehead atoms. The Hall–Kier alpha value is -1.45. The molecule has 2 aliphatic rings. The summed E-state index contributed by atoms with van der Waals surface area (Å²) >= 11 is 0. The van der Waals surface area contributed by atoms with Crippen LogP contribution in [0.2, 0.25) is 0 Å². The first-order valence-corrected chi connectivity index (χ1v) is 7.20. The highest BCUT2D eigenvalue weighted by molar-refractivity contribution is 5.82. The first kappa shape index (κ1) is 13.5. The summed E-state index contributed by atoms with van der Waals surface area (Å²) in [5.74, 6) is 0.438. The zero-order valence-corrected chi connectivity index (χ0v) is 11.9. The van der Waals surface area contributed by atoms with Crippen molar-refractivity contribution in [3.63, 3.8) is 0 Å². The van der Waals surface area contributed by atoms with E-state index in [1.807, 2.05) is 56.3 Å². The van der Waals surface area contributed by atoms with E-state index in [1.54, 1.807) is 0 Å². The Morgan fingerprint density at radius 1 is 1.30 bits per heavy atom. The van der Waals surface area contributed by atoms with Crippen molar-refractivity contribution in [2.75, 3.05) is 0 Å². The molecule has 3 heteroatoms. The molecule has 3 nitrogen and oxygen atoms in total. The van der Waals surface area contributed by atoms with Gasteiger partial charge in [-0.25, -0.2) is 9.78 Å². The molecule has 20 heavy (non-hydrogen) atoms. The molecule has 0 amide bonds. The molecule has 0 N–H and O–H groups in total. The molecule has 1 saturated carbocycles. The third-order valence-electron chi connectivity index (χ3n) is 4.60. The molecule has 0 radical (unpaired) electrons. The summed E-state index contributed by atoms with van der Waals surface area (Å²) in [6, 6.07) is 10.1. The van der Waals surface area contributed by atoms with E-state index >= 15 is 0 Å². The summed E-state index contributed by atoms with van der Waals surface area (Å²) in [6.07, 6.45) is 5.44. The fourth-order valence-electron chi connectivity index (χ4n) is 2.99. The van der Waals surface area contributed by atoms with Crippen molar-refractivity contribution in [2.24, 2.45) is 11.8 Å². The highest BCUT2D eigenvalue weighted by Crippen LogP contribution is 2.42. The van der Waals surface area contributed by atoms with E-state index in [0.29, 0.717) is 6.42 Å². The molecule has 2 fully saturated rings. The van der Waals surface area contributed by atoms with E-state index in [4.69, 9.17) is 9.78 Å². The number of carbonyl (C=O) groups is 1. The van der Waals surface area contributed by atoms with Crippen LogP contribution < -0.4 is 0 Å². The lowest BCUT2D eigenvalue weighted by Crippen LogP contribution is -2.51. The largest absolute Gasteiger partial charge is 0.299 e. The molecule has 0 unspecified atom stereocenters. The molecular formula is C17H20O3. The Morgan fingerprint density at radius 2 is 2.05 bits per heavy atom. The molecule has 1 aromatic carbocycles. The summed E-state index contributed by atoms with van der Waals surface area (Å²) in [7, 11) is 0. The minimum atomic E-state index is -0.526. The molecule has 1 aliphatic carbocycles. The third kappa shape index (κ3) is 2.43. The van der Waals surface area contributed by atoms with Gasteiger partial charge in [0, 0.05) is 18.3 Å². The number of rotatable bonds is 2. The number of hydrogen-bond donors (Lipinski definition) is 0. The predicted octanol–water partition coefficient (Wildman–Crippen LogP) is 3.40. The van der Waals surface area contributed by atoms with Crippen LogP contribution in [0.5, 0.6) is 0 Å². The summed E-state index contributed by atoms with van der Waals surface area (Å²) in [6.45, 7) is 3.92. The smallest absolute Gasteiger partial charge is 0.138 e. The number of Topliss-reactive ketones (excluding diaryl/α,β-unsaturated/α-hetero) is 1. The highest BCUT2D eigenvalue weighted by Gasteiger charge is 2.48. The van der Waals surface area contributed by atoms with Crippen LogP contribution in [0.4, 0.5) is 0 Å². The van der Waals surface area contributed by atoms with Crippen LogP contribution in [0.3, 0.4) is 0 Å². The zero-order valence-electron chi connectivity index (χ0n) is 11.9. The van der Waals surface area contributed by atoms with Gasteiger partial charge in [0.1, 0.15) is 17.5 Å². The second-order valence-electron chi connectivity index (χ2n) is 6.04. The second kappa shape index (κ2) is 5.15. The van der Waals surface area contributed by atoms with Crippen molar-refractivity contribution in [3.8, 4) is 0 Å². The summed E-state index contributed by atoms with van der Waals surface area (Å²) in [4.78, 5) is 23.1. The van der Waals surface area contributed by atoms with E-state index in [0.717, 1.165) is 12.0 Å². The van der Waals surface area contributed by atoms with E-state index in [9.17, 15) is 4.79 Å². The van der Waals surface area contributed by atoms with Crippen molar-refractivity contribution < 1.29 is 14.6 Å². The van der Waals surface area contributed by atoms with Crippen LogP contribution in [-0.2, 0) is 14.6 Å². The monoisotopic (exact) mass is 272 g/mol. The molecule has 1 heterocycles. The average molecular weight is 272 g/mol. The maximum absolute atomic E-state index is 12.0. The molecule has 0 spiro atoms.